The van der Waals surface area contributed by atoms with Gasteiger partial charge in [-0.25, -0.2) is 4.98 Å². The van der Waals surface area contributed by atoms with Gasteiger partial charge >= 0.3 is 0 Å². The first kappa shape index (κ1) is 27.9. The molecular weight excluding hydrogens is 614 g/mol. The van der Waals surface area contributed by atoms with E-state index in [0.29, 0.717) is 33.6 Å². The molecule has 10 nitrogen and oxygen atoms in total. The molecule has 0 fully saturated rings. The van der Waals surface area contributed by atoms with Crippen LogP contribution in [0.1, 0.15) is 11.1 Å². The fourth-order valence-electron chi connectivity index (χ4n) is 4.54. The summed E-state index contributed by atoms with van der Waals surface area (Å²) in [6, 6.07) is 26.4. The van der Waals surface area contributed by atoms with Crippen molar-refractivity contribution in [1.29, 1.82) is 0 Å². The lowest BCUT2D eigenvalue weighted by Gasteiger charge is -2.16. The average molecular weight is 638 g/mol. The Morgan fingerprint density at radius 2 is 1.84 bits per heavy atom. The number of furan rings is 1. The Kier molecular flexibility index (Phi) is 7.47. The molecule has 0 radical (unpaired) electrons. The Morgan fingerprint density at radius 1 is 1.05 bits per heavy atom. The van der Waals surface area contributed by atoms with Gasteiger partial charge in [-0.2, -0.15) is 9.78 Å². The van der Waals surface area contributed by atoms with Crippen molar-refractivity contribution in [1.82, 2.24) is 9.66 Å². The van der Waals surface area contributed by atoms with Crippen LogP contribution < -0.4 is 15.2 Å². The van der Waals surface area contributed by atoms with Crippen molar-refractivity contribution in [2.24, 2.45) is 5.10 Å². The molecule has 214 valence electrons. The molecule has 0 aliphatic carbocycles. The van der Waals surface area contributed by atoms with Gasteiger partial charge < -0.3 is 14.1 Å². The van der Waals surface area contributed by atoms with E-state index in [1.54, 1.807) is 36.5 Å². The Morgan fingerprint density at radius 3 is 2.60 bits per heavy atom. The summed E-state index contributed by atoms with van der Waals surface area (Å²) in [5, 5.41) is 16.9. The van der Waals surface area contributed by atoms with Crippen molar-refractivity contribution < 1.29 is 14.1 Å². The van der Waals surface area contributed by atoms with Crippen LogP contribution in [0.2, 0.25) is 0 Å². The molecule has 2 aromatic heterocycles. The summed E-state index contributed by atoms with van der Waals surface area (Å²) in [7, 11) is 3.84. The maximum Gasteiger partial charge on any atom is 0.282 e. The van der Waals surface area contributed by atoms with Gasteiger partial charge in [-0.05, 0) is 66.2 Å². The van der Waals surface area contributed by atoms with E-state index in [2.05, 4.69) is 21.0 Å². The fourth-order valence-corrected chi connectivity index (χ4v) is 4.92. The third-order valence-electron chi connectivity index (χ3n) is 6.82. The van der Waals surface area contributed by atoms with Crippen LogP contribution in [0, 0.1) is 10.1 Å². The second kappa shape index (κ2) is 11.5. The monoisotopic (exact) mass is 637 g/mol. The van der Waals surface area contributed by atoms with Crippen LogP contribution in [0.25, 0.3) is 33.5 Å². The van der Waals surface area contributed by atoms with Crippen LogP contribution in [0.3, 0.4) is 0 Å². The van der Waals surface area contributed by atoms with Crippen molar-refractivity contribution in [2.45, 2.75) is 6.61 Å². The number of para-hydroxylation sites is 1. The van der Waals surface area contributed by atoms with E-state index in [1.807, 2.05) is 67.5 Å². The average Bonchev–Trinajstić information content (AvgIpc) is 3.43. The molecule has 0 aliphatic rings. The molecule has 43 heavy (non-hydrogen) atoms. The Labute approximate surface area is 253 Å². The summed E-state index contributed by atoms with van der Waals surface area (Å²) in [4.78, 5) is 31.0. The third kappa shape index (κ3) is 5.75. The number of ether oxygens (including phenoxy) is 1. The minimum Gasteiger partial charge on any atom is -0.488 e. The number of benzene rings is 4. The molecule has 6 rings (SSSR count). The zero-order chi connectivity index (χ0) is 30.1. The van der Waals surface area contributed by atoms with Gasteiger partial charge in [0.25, 0.3) is 11.2 Å². The molecular formula is C32H24BrN5O5. The first-order valence-electron chi connectivity index (χ1n) is 13.2. The summed E-state index contributed by atoms with van der Waals surface area (Å²) in [6.07, 6.45) is 1.55. The SMILES string of the molecule is CN(C)c1ccc(C=Nn2c(-c3cc4cc(Br)ccc4o3)nc3ccccc3c2=O)c(OCc2ccc([N+](=O)[O-])cc2)c1. The molecule has 11 heteroatoms. The lowest BCUT2D eigenvalue weighted by atomic mass is 10.2. The fraction of sp³-hybridized carbons (Fsp3) is 0.0938. The predicted molar refractivity (Wildman–Crippen MR) is 170 cm³/mol. The molecule has 0 amide bonds. The highest BCUT2D eigenvalue weighted by Gasteiger charge is 2.17. The van der Waals surface area contributed by atoms with Crippen molar-refractivity contribution in [3.63, 3.8) is 0 Å². The zero-order valence-corrected chi connectivity index (χ0v) is 24.7. The number of hydrogen-bond acceptors (Lipinski definition) is 8. The maximum absolute atomic E-state index is 13.7. The maximum atomic E-state index is 13.7. The molecule has 0 bridgehead atoms. The Balaban J connectivity index is 1.42. The van der Waals surface area contributed by atoms with Gasteiger partial charge in [-0.15, -0.1) is 0 Å². The number of hydrogen-bond donors (Lipinski definition) is 0. The molecule has 6 aromatic rings. The lowest BCUT2D eigenvalue weighted by molar-refractivity contribution is -0.384. The summed E-state index contributed by atoms with van der Waals surface area (Å²) < 4.78 is 14.4. The van der Waals surface area contributed by atoms with Crippen molar-refractivity contribution >= 4 is 55.4 Å². The molecule has 0 spiro atoms. The largest absolute Gasteiger partial charge is 0.488 e. The van der Waals surface area contributed by atoms with E-state index in [4.69, 9.17) is 14.1 Å². The van der Waals surface area contributed by atoms with Gasteiger partial charge in [-0.3, -0.25) is 14.9 Å². The second-order valence-corrected chi connectivity index (χ2v) is 10.9. The van der Waals surface area contributed by atoms with E-state index < -0.39 is 4.92 Å². The van der Waals surface area contributed by atoms with Crippen LogP contribution in [0.5, 0.6) is 5.75 Å². The van der Waals surface area contributed by atoms with E-state index in [0.717, 1.165) is 21.1 Å². The standard InChI is InChI=1S/C32H24BrN5O5/c1-36(2)25-13-9-21(29(17-25)42-19-20-7-11-24(12-8-20)38(40)41)18-34-37-31(35-27-6-4-3-5-26(27)32(37)39)30-16-22-15-23(33)10-14-28(22)43-30/h3-18H,19H2,1-2H3. The number of aromatic nitrogens is 2. The van der Waals surface area contributed by atoms with Gasteiger partial charge in [0.1, 0.15) is 17.9 Å². The number of nitro groups is 1. The topological polar surface area (TPSA) is 116 Å². The van der Waals surface area contributed by atoms with E-state index in [-0.39, 0.29) is 23.7 Å². The van der Waals surface area contributed by atoms with Crippen molar-refractivity contribution in [2.75, 3.05) is 19.0 Å². The number of nitro benzene ring substituents is 1. The first-order valence-corrected chi connectivity index (χ1v) is 14.0. The summed E-state index contributed by atoms with van der Waals surface area (Å²) in [5.74, 6) is 1.17. The Hall–Kier alpha value is -5.29. The minimum absolute atomic E-state index is 0.00788. The van der Waals surface area contributed by atoms with Crippen LogP contribution in [0.15, 0.2) is 110 Å². The lowest BCUT2D eigenvalue weighted by Crippen LogP contribution is -2.20. The van der Waals surface area contributed by atoms with E-state index in [9.17, 15) is 14.9 Å². The van der Waals surface area contributed by atoms with Crippen LogP contribution >= 0.6 is 15.9 Å². The summed E-state index contributed by atoms with van der Waals surface area (Å²) in [5.41, 5.74) is 3.11. The minimum atomic E-state index is -0.443. The highest BCUT2D eigenvalue weighted by molar-refractivity contribution is 9.10. The van der Waals surface area contributed by atoms with E-state index in [1.165, 1.54) is 16.8 Å². The molecule has 0 unspecified atom stereocenters. The number of fused-ring (bicyclic) bond motifs is 2. The summed E-state index contributed by atoms with van der Waals surface area (Å²) >= 11 is 3.49. The molecule has 0 aliphatic heterocycles. The normalized spacial score (nSPS) is 11.4. The highest BCUT2D eigenvalue weighted by atomic mass is 79.9. The van der Waals surface area contributed by atoms with E-state index >= 15 is 0 Å². The summed E-state index contributed by atoms with van der Waals surface area (Å²) in [6.45, 7) is 0.174. The number of rotatable bonds is 8. The van der Waals surface area contributed by atoms with Gasteiger partial charge in [0.15, 0.2) is 5.76 Å². The quantitative estimate of drug-likeness (QED) is 0.100. The molecule has 2 heterocycles. The third-order valence-corrected chi connectivity index (χ3v) is 7.31. The first-order chi connectivity index (χ1) is 20.8. The number of nitrogens with zero attached hydrogens (tertiary/aromatic N) is 5. The van der Waals surface area contributed by atoms with Gasteiger partial charge in [0.05, 0.1) is 22.0 Å². The molecule has 0 saturated heterocycles. The Bertz CT molecular complexity index is 2080. The smallest absolute Gasteiger partial charge is 0.282 e. The van der Waals surface area contributed by atoms with Gasteiger partial charge in [0.2, 0.25) is 5.82 Å². The van der Waals surface area contributed by atoms with Gasteiger partial charge in [-0.1, -0.05) is 28.1 Å². The predicted octanol–water partition coefficient (Wildman–Crippen LogP) is 7.01. The zero-order valence-electron chi connectivity index (χ0n) is 23.1. The molecule has 0 saturated carbocycles. The second-order valence-electron chi connectivity index (χ2n) is 9.94. The number of halogens is 1. The van der Waals surface area contributed by atoms with Crippen LogP contribution in [-0.4, -0.2) is 34.9 Å². The van der Waals surface area contributed by atoms with Crippen molar-refractivity contribution in [3.05, 3.63) is 127 Å². The van der Waals surface area contributed by atoms with Crippen molar-refractivity contribution in [3.8, 4) is 17.3 Å². The molecule has 4 aromatic carbocycles. The van der Waals surface area contributed by atoms with Gasteiger partial charge in [0, 0.05) is 53.4 Å². The molecule has 0 N–H and O–H groups in total. The highest BCUT2D eigenvalue weighted by Crippen LogP contribution is 2.30. The number of anilines is 1. The van der Waals surface area contributed by atoms with Crippen LogP contribution in [0.4, 0.5) is 11.4 Å². The molecule has 0 atom stereocenters. The number of non-ortho nitro benzene ring substituents is 1. The van der Waals surface area contributed by atoms with Crippen LogP contribution in [-0.2, 0) is 6.61 Å².